The van der Waals surface area contributed by atoms with Crippen LogP contribution in [-0.2, 0) is 10.0 Å². The summed E-state index contributed by atoms with van der Waals surface area (Å²) in [6, 6.07) is -0.276. The Hall–Kier alpha value is -1.03. The Bertz CT molecular complexity index is 578. The molecule has 1 fully saturated rings. The Morgan fingerprint density at radius 2 is 2.20 bits per heavy atom. The smallest absolute Gasteiger partial charge is 0.356 e. The number of hydrogen-bond acceptors (Lipinski definition) is 6. The molecular weight excluding hydrogens is 302 g/mol. The summed E-state index contributed by atoms with van der Waals surface area (Å²) >= 11 is 0.814. The van der Waals surface area contributed by atoms with Gasteiger partial charge in [-0.25, -0.2) is 22.9 Å². The zero-order chi connectivity index (χ0) is 14.8. The van der Waals surface area contributed by atoms with Crippen LogP contribution in [0.4, 0.5) is 0 Å². The number of sulfonamides is 1. The number of carbonyl (C=O) groups is 1. The Balaban J connectivity index is 2.06. The molecule has 0 aromatic carbocycles. The van der Waals surface area contributed by atoms with Gasteiger partial charge in [0.25, 0.3) is 10.0 Å². The van der Waals surface area contributed by atoms with E-state index in [-0.39, 0.29) is 10.3 Å². The van der Waals surface area contributed by atoms with Crippen LogP contribution in [0.25, 0.3) is 0 Å². The molecule has 1 aliphatic rings. The second-order valence-corrected chi connectivity index (χ2v) is 7.59. The maximum absolute atomic E-state index is 12.2. The van der Waals surface area contributed by atoms with Gasteiger partial charge in [-0.15, -0.1) is 11.3 Å². The van der Waals surface area contributed by atoms with Crippen LogP contribution >= 0.6 is 11.3 Å². The lowest BCUT2D eigenvalue weighted by molar-refractivity contribution is 0.0687. The molecule has 20 heavy (non-hydrogen) atoms. The van der Waals surface area contributed by atoms with E-state index < -0.39 is 21.7 Å². The average molecular weight is 319 g/mol. The number of thiazole rings is 1. The average Bonchev–Trinajstić information content (AvgIpc) is 2.97. The van der Waals surface area contributed by atoms with E-state index in [0.717, 1.165) is 37.3 Å². The highest BCUT2D eigenvalue weighted by Crippen LogP contribution is 2.20. The number of likely N-dealkylation sites (tertiary alicyclic amines) is 1. The Morgan fingerprint density at radius 1 is 1.55 bits per heavy atom. The molecule has 2 rings (SSSR count). The monoisotopic (exact) mass is 319 g/mol. The molecular formula is C11H17N3O4S2. The third-order valence-electron chi connectivity index (χ3n) is 3.07. The van der Waals surface area contributed by atoms with Crippen LogP contribution in [0.15, 0.2) is 9.72 Å². The van der Waals surface area contributed by atoms with Crippen molar-refractivity contribution in [2.75, 3.05) is 19.6 Å². The van der Waals surface area contributed by atoms with E-state index in [4.69, 9.17) is 5.11 Å². The van der Waals surface area contributed by atoms with E-state index >= 15 is 0 Å². The summed E-state index contributed by atoms with van der Waals surface area (Å²) in [5.74, 6) is -1.33. The quantitative estimate of drug-likeness (QED) is 0.797. The third-order valence-corrected chi connectivity index (χ3v) is 6.03. The molecule has 7 nitrogen and oxygen atoms in total. The second-order valence-electron chi connectivity index (χ2n) is 4.82. The topological polar surface area (TPSA) is 99.6 Å². The van der Waals surface area contributed by atoms with Crippen LogP contribution in [-0.4, -0.2) is 55.1 Å². The fourth-order valence-corrected chi connectivity index (χ4v) is 4.67. The van der Waals surface area contributed by atoms with Crippen molar-refractivity contribution < 1.29 is 18.3 Å². The molecule has 1 saturated heterocycles. The fourth-order valence-electron chi connectivity index (χ4n) is 2.28. The maximum atomic E-state index is 12.2. The van der Waals surface area contributed by atoms with E-state index in [1.807, 2.05) is 0 Å². The van der Waals surface area contributed by atoms with Gasteiger partial charge in [-0.2, -0.15) is 0 Å². The number of nitrogens with zero attached hydrogens (tertiary/aromatic N) is 2. The Kier molecular flexibility index (Phi) is 4.74. The molecule has 1 atom stereocenters. The largest absolute Gasteiger partial charge is 0.476 e. The number of nitrogens with one attached hydrogen (secondary N) is 1. The molecule has 1 aromatic heterocycles. The van der Waals surface area contributed by atoms with Crippen LogP contribution in [0.1, 0.15) is 30.3 Å². The molecule has 2 N–H and O–H groups in total. The number of carboxylic acid groups (broad SMARTS) is 1. The van der Waals surface area contributed by atoms with Crippen molar-refractivity contribution in [2.45, 2.75) is 30.0 Å². The summed E-state index contributed by atoms with van der Waals surface area (Å²) in [4.78, 5) is 16.7. The number of hydrogen-bond donors (Lipinski definition) is 2. The van der Waals surface area contributed by atoms with Crippen molar-refractivity contribution in [1.29, 1.82) is 0 Å². The summed E-state index contributed by atoms with van der Waals surface area (Å²) < 4.78 is 26.6. The molecule has 9 heteroatoms. The van der Waals surface area contributed by atoms with Crippen LogP contribution in [0.5, 0.6) is 0 Å². The van der Waals surface area contributed by atoms with E-state index in [0.29, 0.717) is 6.54 Å². The molecule has 0 saturated carbocycles. The fraction of sp³-hybridized carbons (Fsp3) is 0.636. The lowest BCUT2D eigenvalue weighted by Crippen LogP contribution is -2.41. The molecule has 112 valence electrons. The van der Waals surface area contributed by atoms with Crippen molar-refractivity contribution in [2.24, 2.45) is 0 Å². The highest BCUT2D eigenvalue weighted by atomic mass is 32.2. The first kappa shape index (κ1) is 15.4. The van der Waals surface area contributed by atoms with Crippen molar-refractivity contribution in [3.05, 3.63) is 11.2 Å². The van der Waals surface area contributed by atoms with Crippen LogP contribution in [0.3, 0.4) is 0 Å². The van der Waals surface area contributed by atoms with Gasteiger partial charge >= 0.3 is 5.97 Å². The second kappa shape index (κ2) is 6.17. The van der Waals surface area contributed by atoms with E-state index in [1.54, 1.807) is 6.92 Å². The number of aromatic carboxylic acids is 1. The number of rotatable bonds is 6. The number of carboxylic acids is 1. The zero-order valence-corrected chi connectivity index (χ0v) is 12.7. The molecule has 0 bridgehead atoms. The summed E-state index contributed by atoms with van der Waals surface area (Å²) in [7, 11) is -3.83. The lowest BCUT2D eigenvalue weighted by atomic mass is 10.3. The van der Waals surface area contributed by atoms with Gasteiger partial charge < -0.3 is 10.0 Å². The van der Waals surface area contributed by atoms with Crippen LogP contribution < -0.4 is 4.72 Å². The highest BCUT2D eigenvalue weighted by Gasteiger charge is 2.27. The summed E-state index contributed by atoms with van der Waals surface area (Å²) in [6.45, 7) is 4.36. The predicted octanol–water partition coefficient (Wildman–Crippen LogP) is 0.604. The molecule has 2 heterocycles. The minimum atomic E-state index is -3.83. The van der Waals surface area contributed by atoms with Crippen molar-refractivity contribution in [1.82, 2.24) is 14.6 Å². The normalized spacial score (nSPS) is 18.2. The van der Waals surface area contributed by atoms with Crippen molar-refractivity contribution >= 4 is 27.3 Å². The minimum absolute atomic E-state index is 0.238. The summed E-state index contributed by atoms with van der Waals surface area (Å²) in [6.07, 6.45) is 2.27. The van der Waals surface area contributed by atoms with Gasteiger partial charge in [0, 0.05) is 12.6 Å². The van der Waals surface area contributed by atoms with Gasteiger partial charge in [0.2, 0.25) is 0 Å². The Labute approximate surface area is 121 Å². The van der Waals surface area contributed by atoms with Gasteiger partial charge in [0.05, 0.1) is 5.51 Å². The van der Waals surface area contributed by atoms with E-state index in [2.05, 4.69) is 14.6 Å². The Morgan fingerprint density at radius 3 is 2.80 bits per heavy atom. The SMILES string of the molecule is CC(CN1CCCC1)NS(=O)(=O)c1scnc1C(=O)O. The molecule has 0 amide bonds. The molecule has 1 aromatic rings. The van der Waals surface area contributed by atoms with Crippen molar-refractivity contribution in [3.63, 3.8) is 0 Å². The van der Waals surface area contributed by atoms with Crippen LogP contribution in [0, 0.1) is 0 Å². The van der Waals surface area contributed by atoms with Gasteiger partial charge in [0.15, 0.2) is 9.90 Å². The molecule has 0 radical (unpaired) electrons. The highest BCUT2D eigenvalue weighted by molar-refractivity contribution is 7.91. The van der Waals surface area contributed by atoms with Crippen LogP contribution in [0.2, 0.25) is 0 Å². The first-order valence-electron chi connectivity index (χ1n) is 6.31. The zero-order valence-electron chi connectivity index (χ0n) is 11.1. The van der Waals surface area contributed by atoms with Gasteiger partial charge in [-0.1, -0.05) is 0 Å². The summed E-state index contributed by atoms with van der Waals surface area (Å²) in [5.41, 5.74) is 0.805. The lowest BCUT2D eigenvalue weighted by Gasteiger charge is -2.20. The summed E-state index contributed by atoms with van der Waals surface area (Å²) in [5, 5.41) is 8.93. The third kappa shape index (κ3) is 3.54. The molecule has 0 aliphatic carbocycles. The number of aromatic nitrogens is 1. The molecule has 1 aliphatic heterocycles. The maximum Gasteiger partial charge on any atom is 0.356 e. The minimum Gasteiger partial charge on any atom is -0.476 e. The van der Waals surface area contributed by atoms with E-state index in [1.165, 1.54) is 5.51 Å². The van der Waals surface area contributed by atoms with E-state index in [9.17, 15) is 13.2 Å². The van der Waals surface area contributed by atoms with Gasteiger partial charge in [0.1, 0.15) is 0 Å². The first-order chi connectivity index (χ1) is 9.40. The molecule has 1 unspecified atom stereocenters. The molecule has 0 spiro atoms. The van der Waals surface area contributed by atoms with Gasteiger partial charge in [-0.3, -0.25) is 0 Å². The predicted molar refractivity (Wildman–Crippen MR) is 74.5 cm³/mol. The van der Waals surface area contributed by atoms with Gasteiger partial charge in [-0.05, 0) is 32.9 Å². The standard InChI is InChI=1S/C11H17N3O4S2/c1-8(6-14-4-2-3-5-14)13-20(17,18)11-9(10(15)16)12-7-19-11/h7-8,13H,2-6H2,1H3,(H,15,16). The first-order valence-corrected chi connectivity index (χ1v) is 8.68. The van der Waals surface area contributed by atoms with Crippen molar-refractivity contribution in [3.8, 4) is 0 Å².